The molecule has 0 saturated heterocycles. The summed E-state index contributed by atoms with van der Waals surface area (Å²) in [6.07, 6.45) is 3.15. The van der Waals surface area contributed by atoms with Gasteiger partial charge in [-0.3, -0.25) is 0 Å². The minimum absolute atomic E-state index is 0. The molecule has 14 heavy (non-hydrogen) atoms. The van der Waals surface area contributed by atoms with E-state index in [0.717, 1.165) is 0 Å². The predicted octanol–water partition coefficient (Wildman–Crippen LogP) is -0.188. The third-order valence-corrected chi connectivity index (χ3v) is 1.16. The predicted molar refractivity (Wildman–Crippen MR) is 59.3 cm³/mol. The van der Waals surface area contributed by atoms with Crippen molar-refractivity contribution in [2.45, 2.75) is 0 Å². The number of phenols is 1. The van der Waals surface area contributed by atoms with Gasteiger partial charge in [0.1, 0.15) is 5.75 Å². The van der Waals surface area contributed by atoms with E-state index in [-0.39, 0.29) is 11.0 Å². The standard InChI is InChI=1S/C6H6O.C3H3N3.H4Si/c7-6-4-2-1-3-5-6;1-2-4-6-5-3-1;/h1-5,7H;1-3H;1H4. The number of benzene rings is 1. The van der Waals surface area contributed by atoms with Crippen molar-refractivity contribution in [3.05, 3.63) is 48.8 Å². The molecule has 1 aromatic carbocycles. The Morgan fingerprint density at radius 3 is 1.64 bits per heavy atom. The summed E-state index contributed by atoms with van der Waals surface area (Å²) in [5, 5.41) is 18.8. The molecule has 1 aromatic heterocycles. The molecule has 0 saturated carbocycles. The Kier molecular flexibility index (Phi) is 6.89. The van der Waals surface area contributed by atoms with Crippen LogP contribution < -0.4 is 0 Å². The zero-order chi connectivity index (χ0) is 9.36. The van der Waals surface area contributed by atoms with Gasteiger partial charge >= 0.3 is 0 Å². The number of aromatic hydroxyl groups is 1. The van der Waals surface area contributed by atoms with Crippen molar-refractivity contribution in [2.24, 2.45) is 0 Å². The molecule has 0 atom stereocenters. The maximum absolute atomic E-state index is 8.63. The highest BCUT2D eigenvalue weighted by Gasteiger charge is 1.74. The van der Waals surface area contributed by atoms with Crippen LogP contribution in [0.3, 0.4) is 0 Å². The van der Waals surface area contributed by atoms with E-state index in [9.17, 15) is 0 Å². The largest absolute Gasteiger partial charge is 0.508 e. The second kappa shape index (κ2) is 7.87. The Balaban J connectivity index is 0.000000227. The highest BCUT2D eigenvalue weighted by atomic mass is 28.1. The topological polar surface area (TPSA) is 58.9 Å². The zero-order valence-corrected chi connectivity index (χ0v) is 6.91. The van der Waals surface area contributed by atoms with E-state index in [1.807, 2.05) is 6.07 Å². The van der Waals surface area contributed by atoms with Gasteiger partial charge in [-0.15, -0.1) is 10.2 Å². The molecule has 4 nitrogen and oxygen atoms in total. The van der Waals surface area contributed by atoms with Gasteiger partial charge in [-0.05, 0) is 34.4 Å². The lowest BCUT2D eigenvalue weighted by molar-refractivity contribution is 0.475. The van der Waals surface area contributed by atoms with Crippen LogP contribution in [-0.2, 0) is 0 Å². The minimum Gasteiger partial charge on any atom is -0.508 e. The highest BCUT2D eigenvalue weighted by Crippen LogP contribution is 2.02. The van der Waals surface area contributed by atoms with E-state index in [4.69, 9.17) is 5.11 Å². The van der Waals surface area contributed by atoms with Crippen LogP contribution >= 0.6 is 0 Å². The van der Waals surface area contributed by atoms with E-state index in [1.54, 1.807) is 42.7 Å². The monoisotopic (exact) mass is 207 g/mol. The lowest BCUT2D eigenvalue weighted by atomic mass is 10.3. The number of hydrogen-bond donors (Lipinski definition) is 1. The molecule has 0 amide bonds. The van der Waals surface area contributed by atoms with Crippen molar-refractivity contribution in [1.82, 2.24) is 15.4 Å². The van der Waals surface area contributed by atoms with Crippen LogP contribution in [0.1, 0.15) is 0 Å². The van der Waals surface area contributed by atoms with Crippen molar-refractivity contribution < 1.29 is 5.11 Å². The van der Waals surface area contributed by atoms with E-state index in [2.05, 4.69) is 15.4 Å². The van der Waals surface area contributed by atoms with Crippen LogP contribution in [0.25, 0.3) is 0 Å². The summed E-state index contributed by atoms with van der Waals surface area (Å²) in [4.78, 5) is 0. The Bertz CT molecular complexity index is 291. The number of aromatic nitrogens is 3. The SMILES string of the molecule is Oc1ccccc1.[SiH4].c1cnnnc1. The van der Waals surface area contributed by atoms with Gasteiger partial charge in [0, 0.05) is 0 Å². The van der Waals surface area contributed by atoms with Gasteiger partial charge in [-0.25, -0.2) is 0 Å². The molecule has 1 N–H and O–H groups in total. The number of phenolic OH excluding ortho intramolecular Hbond substituents is 1. The fraction of sp³-hybridized carbons (Fsp3) is 0. The Labute approximate surface area is 86.7 Å². The van der Waals surface area contributed by atoms with Gasteiger partial charge in [-0.2, -0.15) is 0 Å². The smallest absolute Gasteiger partial charge is 0.115 e. The summed E-state index contributed by atoms with van der Waals surface area (Å²) < 4.78 is 0. The molecule has 0 spiro atoms. The van der Waals surface area contributed by atoms with Crippen molar-refractivity contribution in [3.63, 3.8) is 0 Å². The summed E-state index contributed by atoms with van der Waals surface area (Å²) in [7, 11) is 0. The minimum atomic E-state index is 0. The molecule has 2 rings (SSSR count). The molecular weight excluding hydrogens is 194 g/mol. The second-order valence-electron chi connectivity index (χ2n) is 2.15. The van der Waals surface area contributed by atoms with Gasteiger partial charge < -0.3 is 5.11 Å². The van der Waals surface area contributed by atoms with Crippen molar-refractivity contribution in [2.75, 3.05) is 0 Å². The van der Waals surface area contributed by atoms with Gasteiger partial charge in [0.15, 0.2) is 0 Å². The molecule has 5 heteroatoms. The van der Waals surface area contributed by atoms with Crippen LogP contribution in [0.2, 0.25) is 0 Å². The molecule has 0 bridgehead atoms. The molecular formula is C9H13N3OSi. The van der Waals surface area contributed by atoms with Crippen LogP contribution in [0.5, 0.6) is 5.75 Å². The molecule has 0 radical (unpaired) electrons. The fourth-order valence-electron chi connectivity index (χ4n) is 0.633. The fourth-order valence-corrected chi connectivity index (χ4v) is 0.633. The molecule has 74 valence electrons. The molecule has 0 aliphatic carbocycles. The number of hydrogen-bond acceptors (Lipinski definition) is 4. The first kappa shape index (κ1) is 12.2. The Morgan fingerprint density at radius 2 is 1.43 bits per heavy atom. The Morgan fingerprint density at radius 1 is 0.857 bits per heavy atom. The average Bonchev–Trinajstić information content (AvgIpc) is 2.22. The molecule has 2 aromatic rings. The number of rotatable bonds is 0. The summed E-state index contributed by atoms with van der Waals surface area (Å²) in [5.41, 5.74) is 0. The number of para-hydroxylation sites is 1. The molecule has 0 aliphatic heterocycles. The maximum atomic E-state index is 8.63. The first-order valence-corrected chi connectivity index (χ1v) is 3.72. The first-order valence-electron chi connectivity index (χ1n) is 3.72. The van der Waals surface area contributed by atoms with E-state index < -0.39 is 0 Å². The van der Waals surface area contributed by atoms with Crippen molar-refractivity contribution >= 4 is 11.0 Å². The third kappa shape index (κ3) is 5.84. The lowest BCUT2D eigenvalue weighted by Crippen LogP contribution is -1.78. The highest BCUT2D eigenvalue weighted by molar-refractivity contribution is 5.75. The van der Waals surface area contributed by atoms with Gasteiger partial charge in [-0.1, -0.05) is 18.2 Å². The van der Waals surface area contributed by atoms with Gasteiger partial charge in [0.05, 0.1) is 12.4 Å². The molecule has 0 aliphatic rings. The van der Waals surface area contributed by atoms with Crippen LogP contribution in [0.4, 0.5) is 0 Å². The molecule has 0 fully saturated rings. The second-order valence-corrected chi connectivity index (χ2v) is 2.15. The van der Waals surface area contributed by atoms with E-state index in [0.29, 0.717) is 5.75 Å². The molecule has 1 heterocycles. The van der Waals surface area contributed by atoms with Gasteiger partial charge in [0.2, 0.25) is 0 Å². The van der Waals surface area contributed by atoms with Crippen LogP contribution in [0, 0.1) is 0 Å². The van der Waals surface area contributed by atoms with Crippen molar-refractivity contribution in [1.29, 1.82) is 0 Å². The third-order valence-electron chi connectivity index (χ3n) is 1.16. The normalized spacial score (nSPS) is 7.71. The van der Waals surface area contributed by atoms with Crippen molar-refractivity contribution in [3.8, 4) is 5.75 Å². The summed E-state index contributed by atoms with van der Waals surface area (Å²) in [5.74, 6) is 0.322. The Hall–Kier alpha value is -1.75. The maximum Gasteiger partial charge on any atom is 0.115 e. The van der Waals surface area contributed by atoms with Crippen LogP contribution in [-0.4, -0.2) is 31.5 Å². The van der Waals surface area contributed by atoms with E-state index >= 15 is 0 Å². The van der Waals surface area contributed by atoms with Gasteiger partial charge in [0.25, 0.3) is 0 Å². The summed E-state index contributed by atoms with van der Waals surface area (Å²) in [6, 6.07) is 10.4. The first-order chi connectivity index (χ1) is 6.39. The average molecular weight is 207 g/mol. The lowest BCUT2D eigenvalue weighted by Gasteiger charge is -1.82. The summed E-state index contributed by atoms with van der Waals surface area (Å²) in [6.45, 7) is 0. The van der Waals surface area contributed by atoms with E-state index in [1.165, 1.54) is 0 Å². The number of nitrogens with zero attached hydrogens (tertiary/aromatic N) is 3. The summed E-state index contributed by atoms with van der Waals surface area (Å²) >= 11 is 0. The zero-order valence-electron chi connectivity index (χ0n) is 6.91. The van der Waals surface area contributed by atoms with Crippen LogP contribution in [0.15, 0.2) is 48.8 Å². The quantitative estimate of drug-likeness (QED) is 0.608. The molecule has 0 unspecified atom stereocenters.